The van der Waals surface area contributed by atoms with Crippen LogP contribution in [-0.4, -0.2) is 27.9 Å². The number of nitrogens with two attached hydrogens (primary N) is 1. The minimum absolute atomic E-state index is 0.127. The van der Waals surface area contributed by atoms with E-state index in [4.69, 9.17) is 10.8 Å². The van der Waals surface area contributed by atoms with Gasteiger partial charge in [0.1, 0.15) is 5.25 Å². The Morgan fingerprint density at radius 1 is 1.62 bits per heavy atom. The average Bonchev–Trinajstić information content (AvgIpc) is 2.15. The number of hydrogen-bond donors (Lipinski definition) is 2. The maximum absolute atomic E-state index is 10.6. The van der Waals surface area contributed by atoms with Crippen LogP contribution in [0, 0.1) is 0 Å². The number of hydrogen-bond acceptors (Lipinski definition) is 4. The fourth-order valence-corrected chi connectivity index (χ4v) is 1.58. The molecule has 1 rings (SSSR count). The number of rotatable bonds is 4. The van der Waals surface area contributed by atoms with E-state index in [0.29, 0.717) is 0 Å². The number of carbonyl (C=O) groups is 1. The largest absolute Gasteiger partial charge is 0.480 e. The highest BCUT2D eigenvalue weighted by atomic mass is 32.2. The van der Waals surface area contributed by atoms with Crippen molar-refractivity contribution in [1.82, 2.24) is 4.98 Å². The van der Waals surface area contributed by atoms with Crippen molar-refractivity contribution in [1.29, 1.82) is 0 Å². The van der Waals surface area contributed by atoms with E-state index < -0.39 is 11.2 Å². The second kappa shape index (κ2) is 4.84. The van der Waals surface area contributed by atoms with Crippen LogP contribution in [0.5, 0.6) is 0 Å². The summed E-state index contributed by atoms with van der Waals surface area (Å²) in [5.41, 5.74) is 5.30. The highest BCUT2D eigenvalue weighted by molar-refractivity contribution is 8.00. The van der Waals surface area contributed by atoms with E-state index in [1.165, 1.54) is 11.8 Å². The molecule has 0 radical (unpaired) electrons. The molecular formula is C8H10N2O2S. The molecule has 0 aliphatic heterocycles. The van der Waals surface area contributed by atoms with E-state index in [9.17, 15) is 4.79 Å². The topological polar surface area (TPSA) is 76.2 Å². The first-order chi connectivity index (χ1) is 6.24. The van der Waals surface area contributed by atoms with E-state index in [1.54, 1.807) is 24.5 Å². The van der Waals surface area contributed by atoms with Gasteiger partial charge in [-0.05, 0) is 12.1 Å². The summed E-state index contributed by atoms with van der Waals surface area (Å²) in [4.78, 5) is 15.3. The molecule has 0 bridgehead atoms. The van der Waals surface area contributed by atoms with Crippen LogP contribution in [0.2, 0.25) is 0 Å². The third-order valence-corrected chi connectivity index (χ3v) is 2.64. The summed E-state index contributed by atoms with van der Waals surface area (Å²) in [5.74, 6) is -0.885. The molecule has 0 amide bonds. The quantitative estimate of drug-likeness (QED) is 0.692. The van der Waals surface area contributed by atoms with Gasteiger partial charge in [0.05, 0.1) is 0 Å². The lowest BCUT2D eigenvalue weighted by atomic mass is 10.4. The first kappa shape index (κ1) is 10.0. The summed E-state index contributed by atoms with van der Waals surface area (Å²) >= 11 is 1.23. The third-order valence-electron chi connectivity index (χ3n) is 1.42. The number of carboxylic acid groups (broad SMARTS) is 1. The summed E-state index contributed by atoms with van der Waals surface area (Å²) in [6.07, 6.45) is 3.25. The fraction of sp³-hybridized carbons (Fsp3) is 0.250. The lowest BCUT2D eigenvalue weighted by Crippen LogP contribution is -2.25. The van der Waals surface area contributed by atoms with Crippen LogP contribution < -0.4 is 5.73 Å². The molecule has 3 N–H and O–H groups in total. The van der Waals surface area contributed by atoms with Crippen molar-refractivity contribution in [3.05, 3.63) is 24.5 Å². The highest BCUT2D eigenvalue weighted by Crippen LogP contribution is 2.21. The molecule has 0 spiro atoms. The second-order valence-corrected chi connectivity index (χ2v) is 3.64. The van der Waals surface area contributed by atoms with Gasteiger partial charge >= 0.3 is 5.97 Å². The second-order valence-electron chi connectivity index (χ2n) is 2.36. The van der Waals surface area contributed by atoms with Crippen molar-refractivity contribution in [2.75, 3.05) is 6.54 Å². The molecule has 0 aliphatic carbocycles. The van der Waals surface area contributed by atoms with Crippen LogP contribution in [0.15, 0.2) is 29.4 Å². The van der Waals surface area contributed by atoms with Crippen LogP contribution in [-0.2, 0) is 4.79 Å². The SMILES string of the molecule is NCC(Sc1ccncc1)C(=O)O. The highest BCUT2D eigenvalue weighted by Gasteiger charge is 2.16. The average molecular weight is 198 g/mol. The van der Waals surface area contributed by atoms with E-state index in [1.807, 2.05) is 0 Å². The number of pyridine rings is 1. The Balaban J connectivity index is 2.62. The van der Waals surface area contributed by atoms with Crippen LogP contribution in [0.1, 0.15) is 0 Å². The van der Waals surface area contributed by atoms with Crippen LogP contribution in [0.3, 0.4) is 0 Å². The van der Waals surface area contributed by atoms with E-state index in [2.05, 4.69) is 4.98 Å². The van der Waals surface area contributed by atoms with Gasteiger partial charge in [-0.15, -0.1) is 11.8 Å². The molecule has 0 aliphatic rings. The Labute approximate surface area is 80.2 Å². The molecule has 1 aromatic rings. The lowest BCUT2D eigenvalue weighted by molar-refractivity contribution is -0.136. The van der Waals surface area contributed by atoms with Crippen molar-refractivity contribution in [3.8, 4) is 0 Å². The Morgan fingerprint density at radius 2 is 2.23 bits per heavy atom. The smallest absolute Gasteiger partial charge is 0.318 e. The van der Waals surface area contributed by atoms with Gasteiger partial charge in [0, 0.05) is 23.8 Å². The first-order valence-corrected chi connectivity index (χ1v) is 4.61. The van der Waals surface area contributed by atoms with E-state index in [-0.39, 0.29) is 6.54 Å². The van der Waals surface area contributed by atoms with Gasteiger partial charge in [0.15, 0.2) is 0 Å². The molecule has 5 heteroatoms. The molecule has 1 unspecified atom stereocenters. The van der Waals surface area contributed by atoms with Crippen LogP contribution >= 0.6 is 11.8 Å². The summed E-state index contributed by atoms with van der Waals surface area (Å²) in [6, 6.07) is 3.52. The number of aliphatic carboxylic acids is 1. The summed E-state index contributed by atoms with van der Waals surface area (Å²) in [7, 11) is 0. The zero-order valence-corrected chi connectivity index (χ0v) is 7.70. The van der Waals surface area contributed by atoms with Crippen molar-refractivity contribution in [2.45, 2.75) is 10.1 Å². The van der Waals surface area contributed by atoms with Crippen molar-refractivity contribution in [3.63, 3.8) is 0 Å². The summed E-state index contributed by atoms with van der Waals surface area (Å²) in [6.45, 7) is 0.127. The molecule has 0 aromatic carbocycles. The van der Waals surface area contributed by atoms with Gasteiger partial charge < -0.3 is 10.8 Å². The molecular weight excluding hydrogens is 188 g/mol. The number of carboxylic acids is 1. The predicted molar refractivity (Wildman–Crippen MR) is 50.6 cm³/mol. The van der Waals surface area contributed by atoms with Crippen LogP contribution in [0.25, 0.3) is 0 Å². The zero-order valence-electron chi connectivity index (χ0n) is 6.88. The van der Waals surface area contributed by atoms with Gasteiger partial charge in [-0.3, -0.25) is 9.78 Å². The number of thioether (sulfide) groups is 1. The summed E-state index contributed by atoms with van der Waals surface area (Å²) in [5, 5.41) is 8.14. The molecule has 1 atom stereocenters. The Morgan fingerprint density at radius 3 is 2.69 bits per heavy atom. The van der Waals surface area contributed by atoms with Crippen molar-refractivity contribution >= 4 is 17.7 Å². The molecule has 1 aromatic heterocycles. The van der Waals surface area contributed by atoms with Crippen molar-refractivity contribution in [2.24, 2.45) is 5.73 Å². The molecule has 0 fully saturated rings. The third kappa shape index (κ3) is 3.04. The molecule has 13 heavy (non-hydrogen) atoms. The maximum atomic E-state index is 10.6. The van der Waals surface area contributed by atoms with Gasteiger partial charge in [-0.2, -0.15) is 0 Å². The fourth-order valence-electron chi connectivity index (χ4n) is 0.780. The van der Waals surface area contributed by atoms with E-state index >= 15 is 0 Å². The van der Waals surface area contributed by atoms with E-state index in [0.717, 1.165) is 4.90 Å². The van der Waals surface area contributed by atoms with Gasteiger partial charge in [0.2, 0.25) is 0 Å². The minimum Gasteiger partial charge on any atom is -0.480 e. The minimum atomic E-state index is -0.885. The Hall–Kier alpha value is -1.07. The maximum Gasteiger partial charge on any atom is 0.318 e. The Bertz CT molecular complexity index is 279. The predicted octanol–water partition coefficient (Wildman–Crippen LogP) is 0.586. The van der Waals surface area contributed by atoms with Gasteiger partial charge in [0.25, 0.3) is 0 Å². The molecule has 1 heterocycles. The molecule has 0 saturated carbocycles. The Kier molecular flexibility index (Phi) is 3.72. The van der Waals surface area contributed by atoms with Crippen LogP contribution in [0.4, 0.5) is 0 Å². The standard InChI is InChI=1S/C8H10N2O2S/c9-5-7(8(11)12)13-6-1-3-10-4-2-6/h1-4,7H,5,9H2,(H,11,12). The normalized spacial score (nSPS) is 12.4. The molecule has 4 nitrogen and oxygen atoms in total. The molecule has 70 valence electrons. The summed E-state index contributed by atoms with van der Waals surface area (Å²) < 4.78 is 0. The van der Waals surface area contributed by atoms with Crippen molar-refractivity contribution < 1.29 is 9.90 Å². The lowest BCUT2D eigenvalue weighted by Gasteiger charge is -2.07. The monoisotopic (exact) mass is 198 g/mol. The first-order valence-electron chi connectivity index (χ1n) is 3.73. The molecule has 0 saturated heterocycles. The van der Waals surface area contributed by atoms with Gasteiger partial charge in [-0.25, -0.2) is 0 Å². The van der Waals surface area contributed by atoms with Gasteiger partial charge in [-0.1, -0.05) is 0 Å². The number of aromatic nitrogens is 1. The zero-order chi connectivity index (χ0) is 9.68. The number of nitrogens with zero attached hydrogens (tertiary/aromatic N) is 1.